The number of nitrogens with zero attached hydrogens (tertiary/aromatic N) is 1. The highest BCUT2D eigenvalue weighted by atomic mass is 16.5. The van der Waals surface area contributed by atoms with Crippen molar-refractivity contribution >= 4 is 34.3 Å². The van der Waals surface area contributed by atoms with E-state index >= 15 is 0 Å². The van der Waals surface area contributed by atoms with Gasteiger partial charge in [0.25, 0.3) is 23.3 Å². The minimum Gasteiger partial charge on any atom is -0.482 e. The van der Waals surface area contributed by atoms with Crippen LogP contribution in [0.1, 0.15) is 32.1 Å². The first-order chi connectivity index (χ1) is 17.5. The highest BCUT2D eigenvalue weighted by molar-refractivity contribution is 5.96. The van der Waals surface area contributed by atoms with Gasteiger partial charge in [-0.2, -0.15) is 0 Å². The molecule has 10 nitrogen and oxygen atoms in total. The van der Waals surface area contributed by atoms with Gasteiger partial charge in [0.05, 0.1) is 16.6 Å². The molecule has 3 amide bonds. The number of rotatable bonds is 6. The average Bonchev–Trinajstić information content (AvgIpc) is 2.90. The lowest BCUT2D eigenvalue weighted by Crippen LogP contribution is -2.28. The normalized spacial score (nSPS) is 12.3. The Balaban J connectivity index is 1.26. The second kappa shape index (κ2) is 9.71. The Kier molecular flexibility index (Phi) is 6.14. The van der Waals surface area contributed by atoms with Crippen LogP contribution in [0.5, 0.6) is 5.75 Å². The quantitative estimate of drug-likeness (QED) is 0.331. The van der Waals surface area contributed by atoms with Crippen molar-refractivity contribution in [3.8, 4) is 5.75 Å². The van der Waals surface area contributed by atoms with Crippen molar-refractivity contribution in [3.63, 3.8) is 0 Å². The maximum Gasteiger partial charge on any atom is 0.287 e. The lowest BCUT2D eigenvalue weighted by Gasteiger charge is -2.18. The molecule has 0 spiro atoms. The van der Waals surface area contributed by atoms with Gasteiger partial charge in [-0.05, 0) is 47.5 Å². The van der Waals surface area contributed by atoms with E-state index in [1.807, 2.05) is 6.07 Å². The summed E-state index contributed by atoms with van der Waals surface area (Å²) in [5, 5.41) is 8.55. The monoisotopic (exact) mass is 483 g/mol. The first-order valence-electron chi connectivity index (χ1n) is 11.2. The van der Waals surface area contributed by atoms with E-state index in [4.69, 9.17) is 4.74 Å². The van der Waals surface area contributed by atoms with E-state index in [0.29, 0.717) is 27.9 Å². The number of nitrogens with one attached hydrogen (secondary N) is 4. The number of ether oxygens (including phenoxy) is 1. The number of benzene rings is 3. The molecule has 1 aromatic heterocycles. The third kappa shape index (κ3) is 4.92. The zero-order valence-corrected chi connectivity index (χ0v) is 19.0. The molecule has 0 atom stereocenters. The van der Waals surface area contributed by atoms with Crippen LogP contribution in [0.25, 0.3) is 10.9 Å². The summed E-state index contributed by atoms with van der Waals surface area (Å²) >= 11 is 0. The van der Waals surface area contributed by atoms with Gasteiger partial charge < -0.3 is 25.7 Å². The van der Waals surface area contributed by atoms with Crippen LogP contribution in [-0.2, 0) is 17.9 Å². The lowest BCUT2D eigenvalue weighted by molar-refractivity contribution is -0.118. The highest BCUT2D eigenvalue weighted by Crippen LogP contribution is 2.28. The lowest BCUT2D eigenvalue weighted by atomic mass is 10.1. The second-order valence-corrected chi connectivity index (χ2v) is 8.16. The van der Waals surface area contributed by atoms with E-state index in [9.17, 15) is 19.2 Å². The maximum absolute atomic E-state index is 12.7. The zero-order valence-electron chi connectivity index (χ0n) is 19.0. The summed E-state index contributed by atoms with van der Waals surface area (Å²) in [4.78, 5) is 55.9. The summed E-state index contributed by atoms with van der Waals surface area (Å²) in [6.45, 7) is 0.356. The minimum absolute atomic E-state index is 0.0338. The van der Waals surface area contributed by atoms with Crippen LogP contribution in [0.4, 0.5) is 5.69 Å². The van der Waals surface area contributed by atoms with Crippen LogP contribution in [0.3, 0.4) is 0 Å². The Hall–Kier alpha value is -4.99. The molecule has 10 heteroatoms. The van der Waals surface area contributed by atoms with Crippen molar-refractivity contribution in [1.82, 2.24) is 20.6 Å². The first-order valence-corrected chi connectivity index (χ1v) is 11.2. The predicted molar refractivity (Wildman–Crippen MR) is 132 cm³/mol. The van der Waals surface area contributed by atoms with Crippen molar-refractivity contribution in [1.29, 1.82) is 0 Å². The smallest absolute Gasteiger partial charge is 0.287 e. The van der Waals surface area contributed by atoms with Crippen molar-refractivity contribution in [2.24, 2.45) is 0 Å². The summed E-state index contributed by atoms with van der Waals surface area (Å²) < 4.78 is 5.33. The van der Waals surface area contributed by atoms with Crippen molar-refractivity contribution in [2.75, 3.05) is 11.9 Å². The van der Waals surface area contributed by atoms with Crippen LogP contribution in [-0.4, -0.2) is 34.3 Å². The van der Waals surface area contributed by atoms with E-state index in [0.717, 1.165) is 11.1 Å². The molecule has 1 aliphatic heterocycles. The summed E-state index contributed by atoms with van der Waals surface area (Å²) in [5.74, 6) is -0.574. The van der Waals surface area contributed by atoms with Gasteiger partial charge in [0.2, 0.25) is 0 Å². The number of H-pyrrole nitrogens is 1. The van der Waals surface area contributed by atoms with Crippen LogP contribution in [0.15, 0.2) is 71.5 Å². The number of anilines is 1. The fourth-order valence-corrected chi connectivity index (χ4v) is 3.78. The first kappa shape index (κ1) is 22.8. The molecule has 2 heterocycles. The Morgan fingerprint density at radius 1 is 0.889 bits per heavy atom. The Labute approximate surface area is 204 Å². The van der Waals surface area contributed by atoms with E-state index < -0.39 is 11.5 Å². The van der Waals surface area contributed by atoms with E-state index in [1.165, 1.54) is 0 Å². The summed E-state index contributed by atoms with van der Waals surface area (Å²) in [7, 11) is 0. The predicted octanol–water partition coefficient (Wildman–Crippen LogP) is 2.11. The fourth-order valence-electron chi connectivity index (χ4n) is 3.78. The minimum atomic E-state index is -0.550. The van der Waals surface area contributed by atoms with Gasteiger partial charge in [-0.15, -0.1) is 0 Å². The molecular formula is C26H21N5O5. The van der Waals surface area contributed by atoms with Gasteiger partial charge in [0, 0.05) is 18.7 Å². The molecule has 0 fully saturated rings. The molecule has 4 aromatic rings. The van der Waals surface area contributed by atoms with Crippen molar-refractivity contribution in [3.05, 3.63) is 99.6 Å². The molecular weight excluding hydrogens is 462 g/mol. The van der Waals surface area contributed by atoms with E-state index in [-0.39, 0.29) is 37.3 Å². The summed E-state index contributed by atoms with van der Waals surface area (Å²) in [5.41, 5.74) is 2.43. The number of aromatic amines is 1. The standard InChI is InChI=1S/C26H21N5O5/c32-22-14-36-21-9-7-16(11-20(21)29-22)13-28-26(35)23-30-19-8-6-15(10-18(19)25(34)31-23)12-27-24(33)17-4-2-1-3-5-17/h1-11H,12-14H2,(H,27,33)(H,28,35)(H,29,32)(H,30,31,34). The van der Waals surface area contributed by atoms with E-state index in [1.54, 1.807) is 60.7 Å². The molecule has 0 aliphatic carbocycles. The molecule has 0 unspecified atom stereocenters. The van der Waals surface area contributed by atoms with Gasteiger partial charge in [-0.1, -0.05) is 30.3 Å². The second-order valence-electron chi connectivity index (χ2n) is 8.16. The van der Waals surface area contributed by atoms with Crippen molar-refractivity contribution < 1.29 is 19.1 Å². The molecule has 4 N–H and O–H groups in total. The van der Waals surface area contributed by atoms with Gasteiger partial charge in [0.1, 0.15) is 5.75 Å². The Morgan fingerprint density at radius 3 is 2.42 bits per heavy atom. The van der Waals surface area contributed by atoms with Crippen LogP contribution in [0.2, 0.25) is 0 Å². The average molecular weight is 483 g/mol. The van der Waals surface area contributed by atoms with Gasteiger partial charge in [-0.25, -0.2) is 4.98 Å². The zero-order chi connectivity index (χ0) is 25.1. The SMILES string of the molecule is O=C1COc2ccc(CNC(=O)c3nc4ccc(CNC(=O)c5ccccc5)cc4c(=O)[nH]3)cc2N1. The molecule has 0 saturated carbocycles. The summed E-state index contributed by atoms with van der Waals surface area (Å²) in [6, 6.07) is 19.0. The molecule has 0 bridgehead atoms. The number of hydrogen-bond acceptors (Lipinski definition) is 6. The number of carbonyl (C=O) groups excluding carboxylic acids is 3. The van der Waals surface area contributed by atoms with Crippen LogP contribution < -0.4 is 26.2 Å². The molecule has 5 rings (SSSR count). The number of hydrogen-bond donors (Lipinski definition) is 4. The largest absolute Gasteiger partial charge is 0.482 e. The third-order valence-electron chi connectivity index (χ3n) is 5.60. The molecule has 36 heavy (non-hydrogen) atoms. The molecule has 180 valence electrons. The Bertz CT molecular complexity index is 1550. The molecule has 3 aromatic carbocycles. The summed E-state index contributed by atoms with van der Waals surface area (Å²) in [6.07, 6.45) is 0. The highest BCUT2D eigenvalue weighted by Gasteiger charge is 2.17. The van der Waals surface area contributed by atoms with Crippen LogP contribution >= 0.6 is 0 Å². The van der Waals surface area contributed by atoms with Crippen LogP contribution in [0, 0.1) is 0 Å². The Morgan fingerprint density at radius 2 is 1.61 bits per heavy atom. The third-order valence-corrected chi connectivity index (χ3v) is 5.60. The molecule has 1 aliphatic rings. The number of carbonyl (C=O) groups is 3. The fraction of sp³-hybridized carbons (Fsp3) is 0.115. The van der Waals surface area contributed by atoms with Gasteiger partial charge in [0.15, 0.2) is 12.4 Å². The topological polar surface area (TPSA) is 142 Å². The number of aromatic nitrogens is 2. The maximum atomic E-state index is 12.7. The molecule has 0 radical (unpaired) electrons. The van der Waals surface area contributed by atoms with Gasteiger partial charge >= 0.3 is 0 Å². The van der Waals surface area contributed by atoms with Crippen molar-refractivity contribution in [2.45, 2.75) is 13.1 Å². The van der Waals surface area contributed by atoms with Gasteiger partial charge in [-0.3, -0.25) is 19.2 Å². The molecule has 0 saturated heterocycles. The van der Waals surface area contributed by atoms with E-state index in [2.05, 4.69) is 25.9 Å². The number of fused-ring (bicyclic) bond motifs is 2. The number of amides is 3.